The molecular formula is C19H31N3O6. The highest BCUT2D eigenvalue weighted by molar-refractivity contribution is 5.82. The molecule has 2 rings (SSSR count). The number of amides is 3. The van der Waals surface area contributed by atoms with Crippen LogP contribution in [0, 0.1) is 11.8 Å². The second-order valence-electron chi connectivity index (χ2n) is 8.43. The molecule has 0 aromatic rings. The summed E-state index contributed by atoms with van der Waals surface area (Å²) in [5.74, 6) is -1.77. The summed E-state index contributed by atoms with van der Waals surface area (Å²) in [6.45, 7) is 6.66. The molecule has 0 saturated carbocycles. The molecule has 28 heavy (non-hydrogen) atoms. The Hall–Kier alpha value is -2.32. The molecule has 2 fully saturated rings. The summed E-state index contributed by atoms with van der Waals surface area (Å²) in [5.41, 5.74) is 4.69. The number of likely N-dealkylation sites (tertiary alicyclic amines) is 2. The first-order chi connectivity index (χ1) is 13.1. The molecule has 9 nitrogen and oxygen atoms in total. The highest BCUT2D eigenvalue weighted by Crippen LogP contribution is 2.21. The number of piperidine rings is 2. The number of primary amides is 1. The zero-order chi connectivity index (χ0) is 20.9. The van der Waals surface area contributed by atoms with Crippen molar-refractivity contribution in [2.75, 3.05) is 32.8 Å². The van der Waals surface area contributed by atoms with Crippen LogP contribution in [0.4, 0.5) is 4.79 Å². The highest BCUT2D eigenvalue weighted by atomic mass is 16.6. The van der Waals surface area contributed by atoms with E-state index in [2.05, 4.69) is 0 Å². The summed E-state index contributed by atoms with van der Waals surface area (Å²) in [6.07, 6.45) is 1.90. The number of esters is 1. The fourth-order valence-electron chi connectivity index (χ4n) is 3.42. The van der Waals surface area contributed by atoms with Gasteiger partial charge in [-0.2, -0.15) is 0 Å². The Kier molecular flexibility index (Phi) is 7.26. The van der Waals surface area contributed by atoms with E-state index in [1.165, 1.54) is 4.90 Å². The van der Waals surface area contributed by atoms with Crippen LogP contribution in [0.3, 0.4) is 0 Å². The molecule has 2 aliphatic heterocycles. The predicted octanol–water partition coefficient (Wildman–Crippen LogP) is 0.901. The number of carbonyl (C=O) groups is 4. The molecule has 0 aromatic heterocycles. The number of nitrogens with two attached hydrogens (primary N) is 1. The smallest absolute Gasteiger partial charge is 0.410 e. The molecule has 0 spiro atoms. The van der Waals surface area contributed by atoms with Crippen molar-refractivity contribution < 1.29 is 28.7 Å². The van der Waals surface area contributed by atoms with E-state index in [0.717, 1.165) is 0 Å². The van der Waals surface area contributed by atoms with Crippen molar-refractivity contribution >= 4 is 23.9 Å². The number of nitrogens with zero attached hydrogens (tertiary/aromatic N) is 2. The lowest BCUT2D eigenvalue weighted by Gasteiger charge is -2.33. The lowest BCUT2D eigenvalue weighted by atomic mass is 9.96. The van der Waals surface area contributed by atoms with E-state index in [9.17, 15) is 19.2 Å². The van der Waals surface area contributed by atoms with Crippen LogP contribution in [-0.2, 0) is 23.9 Å². The van der Waals surface area contributed by atoms with Crippen LogP contribution >= 0.6 is 0 Å². The largest absolute Gasteiger partial charge is 0.455 e. The quantitative estimate of drug-likeness (QED) is 0.704. The Morgan fingerprint density at radius 1 is 0.964 bits per heavy atom. The first-order valence-electron chi connectivity index (χ1n) is 9.78. The van der Waals surface area contributed by atoms with Crippen molar-refractivity contribution in [2.45, 2.75) is 52.1 Å². The molecule has 0 aliphatic carbocycles. The molecule has 0 radical (unpaired) electrons. The van der Waals surface area contributed by atoms with E-state index in [0.29, 0.717) is 45.3 Å². The fourth-order valence-corrected chi connectivity index (χ4v) is 3.42. The van der Waals surface area contributed by atoms with Gasteiger partial charge in [0.1, 0.15) is 5.60 Å². The monoisotopic (exact) mass is 397 g/mol. The van der Waals surface area contributed by atoms with Crippen molar-refractivity contribution in [3.63, 3.8) is 0 Å². The molecule has 9 heteroatoms. The normalized spacial score (nSPS) is 21.2. The lowest BCUT2D eigenvalue weighted by Crippen LogP contribution is -2.46. The van der Waals surface area contributed by atoms with Gasteiger partial charge < -0.3 is 25.0 Å². The minimum Gasteiger partial charge on any atom is -0.455 e. The molecule has 2 saturated heterocycles. The summed E-state index contributed by atoms with van der Waals surface area (Å²) in [5, 5.41) is 0. The van der Waals surface area contributed by atoms with E-state index in [1.807, 2.05) is 0 Å². The molecule has 2 aliphatic rings. The molecule has 158 valence electrons. The predicted molar refractivity (Wildman–Crippen MR) is 100.0 cm³/mol. The van der Waals surface area contributed by atoms with Crippen LogP contribution in [0.2, 0.25) is 0 Å². The zero-order valence-electron chi connectivity index (χ0n) is 16.9. The van der Waals surface area contributed by atoms with Gasteiger partial charge in [0.15, 0.2) is 6.61 Å². The van der Waals surface area contributed by atoms with Crippen LogP contribution in [0.15, 0.2) is 0 Å². The van der Waals surface area contributed by atoms with E-state index >= 15 is 0 Å². The molecule has 1 atom stereocenters. The zero-order valence-corrected chi connectivity index (χ0v) is 16.9. The summed E-state index contributed by atoms with van der Waals surface area (Å²) in [4.78, 5) is 51.1. The van der Waals surface area contributed by atoms with E-state index in [-0.39, 0.29) is 30.9 Å². The van der Waals surface area contributed by atoms with Crippen molar-refractivity contribution in [3.05, 3.63) is 0 Å². The maximum atomic E-state index is 12.3. The maximum absolute atomic E-state index is 12.3. The van der Waals surface area contributed by atoms with Gasteiger partial charge in [0.05, 0.1) is 5.92 Å². The van der Waals surface area contributed by atoms with E-state index in [1.54, 1.807) is 25.7 Å². The molecule has 0 bridgehead atoms. The number of ether oxygens (including phenoxy) is 2. The number of rotatable bonds is 4. The third-order valence-electron chi connectivity index (χ3n) is 4.99. The average molecular weight is 397 g/mol. The number of hydrogen-bond donors (Lipinski definition) is 1. The Balaban J connectivity index is 1.77. The topological polar surface area (TPSA) is 119 Å². The van der Waals surface area contributed by atoms with Crippen LogP contribution in [0.1, 0.15) is 46.5 Å². The fraction of sp³-hybridized carbons (Fsp3) is 0.789. The molecule has 2 heterocycles. The Bertz CT molecular complexity index is 607. The number of hydrogen-bond acceptors (Lipinski definition) is 6. The number of carbonyl (C=O) groups excluding carboxylic acids is 4. The van der Waals surface area contributed by atoms with Gasteiger partial charge in [0.2, 0.25) is 5.91 Å². The molecule has 3 amide bonds. The van der Waals surface area contributed by atoms with Crippen LogP contribution in [0.25, 0.3) is 0 Å². The second-order valence-corrected chi connectivity index (χ2v) is 8.43. The van der Waals surface area contributed by atoms with E-state index in [4.69, 9.17) is 15.2 Å². The first kappa shape index (κ1) is 22.0. The SMILES string of the molecule is CC(C)(C)OC(=O)N1CCC[C@H](C(=O)OCC(=O)N2CCC(C(N)=O)CC2)C1. The summed E-state index contributed by atoms with van der Waals surface area (Å²) in [6, 6.07) is 0. The van der Waals surface area contributed by atoms with Crippen LogP contribution < -0.4 is 5.73 Å². The van der Waals surface area contributed by atoms with Crippen LogP contribution in [-0.4, -0.2) is 72.1 Å². The van der Waals surface area contributed by atoms with Crippen molar-refractivity contribution in [1.29, 1.82) is 0 Å². The van der Waals surface area contributed by atoms with Gasteiger partial charge in [-0.15, -0.1) is 0 Å². The standard InChI is InChI=1S/C19H31N3O6/c1-19(2,3)28-18(26)22-8-4-5-14(11-22)17(25)27-12-15(23)21-9-6-13(7-10-21)16(20)24/h13-14H,4-12H2,1-3H3,(H2,20,24)/t14-/m0/s1. The Morgan fingerprint density at radius 2 is 1.61 bits per heavy atom. The minimum absolute atomic E-state index is 0.201. The summed E-state index contributed by atoms with van der Waals surface area (Å²) in [7, 11) is 0. The maximum Gasteiger partial charge on any atom is 0.410 e. The van der Waals surface area contributed by atoms with E-state index < -0.39 is 23.6 Å². The van der Waals surface area contributed by atoms with Gasteiger partial charge in [-0.1, -0.05) is 0 Å². The third kappa shape index (κ3) is 6.38. The third-order valence-corrected chi connectivity index (χ3v) is 4.99. The van der Waals surface area contributed by atoms with Gasteiger partial charge in [-0.3, -0.25) is 14.4 Å². The molecule has 2 N–H and O–H groups in total. The minimum atomic E-state index is -0.598. The first-order valence-corrected chi connectivity index (χ1v) is 9.78. The highest BCUT2D eigenvalue weighted by Gasteiger charge is 2.33. The Morgan fingerprint density at radius 3 is 2.18 bits per heavy atom. The van der Waals surface area contributed by atoms with Gasteiger partial charge in [-0.05, 0) is 46.5 Å². The van der Waals surface area contributed by atoms with Gasteiger partial charge in [0.25, 0.3) is 5.91 Å². The van der Waals surface area contributed by atoms with Gasteiger partial charge >= 0.3 is 12.1 Å². The summed E-state index contributed by atoms with van der Waals surface area (Å²) >= 11 is 0. The summed E-state index contributed by atoms with van der Waals surface area (Å²) < 4.78 is 10.5. The Labute approximate surface area is 165 Å². The van der Waals surface area contributed by atoms with Gasteiger partial charge in [0, 0.05) is 32.1 Å². The lowest BCUT2D eigenvalue weighted by molar-refractivity contribution is -0.157. The molecular weight excluding hydrogens is 366 g/mol. The van der Waals surface area contributed by atoms with Crippen molar-refractivity contribution in [1.82, 2.24) is 9.80 Å². The van der Waals surface area contributed by atoms with Crippen molar-refractivity contribution in [3.8, 4) is 0 Å². The molecule has 0 aromatic carbocycles. The van der Waals surface area contributed by atoms with Crippen LogP contribution in [0.5, 0.6) is 0 Å². The second kappa shape index (κ2) is 9.25. The average Bonchev–Trinajstić information content (AvgIpc) is 2.64. The molecule has 0 unspecified atom stereocenters. The van der Waals surface area contributed by atoms with Crippen molar-refractivity contribution in [2.24, 2.45) is 17.6 Å². The van der Waals surface area contributed by atoms with Gasteiger partial charge in [-0.25, -0.2) is 4.79 Å².